The van der Waals surface area contributed by atoms with Crippen LogP contribution < -0.4 is 0 Å². The van der Waals surface area contributed by atoms with Gasteiger partial charge in [-0.15, -0.1) is 11.8 Å². The topological polar surface area (TPSA) is 54.4 Å². The van der Waals surface area contributed by atoms with Crippen LogP contribution in [-0.2, 0) is 11.2 Å². The third-order valence-corrected chi connectivity index (χ3v) is 4.02. The van der Waals surface area contributed by atoms with Gasteiger partial charge in [0.15, 0.2) is 5.78 Å². The van der Waals surface area contributed by atoms with Gasteiger partial charge in [-0.05, 0) is 18.9 Å². The lowest BCUT2D eigenvalue weighted by Crippen LogP contribution is -2.21. The van der Waals surface area contributed by atoms with Gasteiger partial charge in [0.1, 0.15) is 5.25 Å². The van der Waals surface area contributed by atoms with E-state index in [1.165, 1.54) is 11.8 Å². The van der Waals surface area contributed by atoms with Crippen molar-refractivity contribution in [2.24, 2.45) is 0 Å². The van der Waals surface area contributed by atoms with Gasteiger partial charge in [-0.1, -0.05) is 24.3 Å². The minimum atomic E-state index is -0.846. The molecule has 1 aromatic carbocycles. The standard InChI is InChI=1S/C12H12O3S/c1-7-11(13)9-5-3-2-4-8(9)6-10(16-7)12(14)15/h2-5,7,10H,6H2,1H3,(H,14,15). The highest BCUT2D eigenvalue weighted by atomic mass is 32.2. The van der Waals surface area contributed by atoms with Crippen LogP contribution in [0.2, 0.25) is 0 Å². The van der Waals surface area contributed by atoms with Gasteiger partial charge in [0, 0.05) is 5.56 Å². The van der Waals surface area contributed by atoms with Crippen molar-refractivity contribution in [2.75, 3.05) is 0 Å². The molecule has 2 atom stereocenters. The monoisotopic (exact) mass is 236 g/mol. The third kappa shape index (κ3) is 1.97. The van der Waals surface area contributed by atoms with Crippen LogP contribution in [0.4, 0.5) is 0 Å². The lowest BCUT2D eigenvalue weighted by Gasteiger charge is -2.10. The van der Waals surface area contributed by atoms with Gasteiger partial charge in [-0.2, -0.15) is 0 Å². The number of aliphatic carboxylic acids is 1. The molecule has 1 heterocycles. The van der Waals surface area contributed by atoms with E-state index in [2.05, 4.69) is 0 Å². The number of carbonyl (C=O) groups is 2. The molecule has 0 saturated carbocycles. The molecule has 0 spiro atoms. The van der Waals surface area contributed by atoms with E-state index in [0.717, 1.165) is 5.56 Å². The summed E-state index contributed by atoms with van der Waals surface area (Å²) in [6.45, 7) is 1.77. The highest BCUT2D eigenvalue weighted by Gasteiger charge is 2.31. The second kappa shape index (κ2) is 4.29. The number of thioether (sulfide) groups is 1. The van der Waals surface area contributed by atoms with Crippen LogP contribution in [0.25, 0.3) is 0 Å². The van der Waals surface area contributed by atoms with E-state index in [1.54, 1.807) is 13.0 Å². The van der Waals surface area contributed by atoms with Crippen molar-refractivity contribution in [3.63, 3.8) is 0 Å². The molecule has 3 nitrogen and oxygen atoms in total. The third-order valence-electron chi connectivity index (χ3n) is 2.70. The summed E-state index contributed by atoms with van der Waals surface area (Å²) in [6, 6.07) is 7.27. The second-order valence-electron chi connectivity index (χ2n) is 3.83. The molecular weight excluding hydrogens is 224 g/mol. The average molecular weight is 236 g/mol. The Labute approximate surface area is 97.9 Å². The molecule has 0 fully saturated rings. The number of hydrogen-bond acceptors (Lipinski definition) is 3. The zero-order chi connectivity index (χ0) is 11.7. The van der Waals surface area contributed by atoms with Crippen molar-refractivity contribution in [3.8, 4) is 0 Å². The quantitative estimate of drug-likeness (QED) is 0.810. The van der Waals surface area contributed by atoms with Crippen LogP contribution in [0, 0.1) is 0 Å². The van der Waals surface area contributed by atoms with Crippen LogP contribution in [0.15, 0.2) is 24.3 Å². The summed E-state index contributed by atoms with van der Waals surface area (Å²) in [6.07, 6.45) is 0.423. The fraction of sp³-hybridized carbons (Fsp3) is 0.333. The average Bonchev–Trinajstić information content (AvgIpc) is 2.38. The Kier molecular flexibility index (Phi) is 3.01. The van der Waals surface area contributed by atoms with E-state index < -0.39 is 11.2 Å². The SMILES string of the molecule is CC1SC(C(=O)O)Cc2ccccc2C1=O. The smallest absolute Gasteiger partial charge is 0.316 e. The molecule has 0 radical (unpaired) electrons. The van der Waals surface area contributed by atoms with Gasteiger partial charge in [0.05, 0.1) is 5.25 Å². The summed E-state index contributed by atoms with van der Waals surface area (Å²) in [7, 11) is 0. The van der Waals surface area contributed by atoms with E-state index in [4.69, 9.17) is 5.11 Å². The zero-order valence-corrected chi connectivity index (χ0v) is 9.66. The van der Waals surface area contributed by atoms with Crippen molar-refractivity contribution in [1.29, 1.82) is 0 Å². The second-order valence-corrected chi connectivity index (χ2v) is 5.38. The van der Waals surface area contributed by atoms with Crippen molar-refractivity contribution in [1.82, 2.24) is 0 Å². The summed E-state index contributed by atoms with van der Waals surface area (Å²) in [4.78, 5) is 23.0. The van der Waals surface area contributed by atoms with Crippen LogP contribution in [-0.4, -0.2) is 27.4 Å². The number of carboxylic acid groups (broad SMARTS) is 1. The molecule has 0 bridgehead atoms. The maximum Gasteiger partial charge on any atom is 0.316 e. The fourth-order valence-electron chi connectivity index (χ4n) is 1.86. The zero-order valence-electron chi connectivity index (χ0n) is 8.84. The summed E-state index contributed by atoms with van der Waals surface area (Å²) in [5.41, 5.74) is 1.52. The molecule has 4 heteroatoms. The van der Waals surface area contributed by atoms with Crippen LogP contribution in [0.3, 0.4) is 0 Å². The first-order valence-electron chi connectivity index (χ1n) is 5.10. The molecule has 1 aromatic rings. The number of fused-ring (bicyclic) bond motifs is 1. The number of hydrogen-bond donors (Lipinski definition) is 1. The molecule has 84 valence electrons. The molecule has 0 aromatic heterocycles. The van der Waals surface area contributed by atoms with E-state index in [0.29, 0.717) is 12.0 Å². The lowest BCUT2D eigenvalue weighted by atomic mass is 9.99. The van der Waals surface area contributed by atoms with E-state index in [1.807, 2.05) is 18.2 Å². The van der Waals surface area contributed by atoms with Gasteiger partial charge >= 0.3 is 5.97 Å². The largest absolute Gasteiger partial charge is 0.480 e. The Hall–Kier alpha value is -1.29. The molecule has 0 amide bonds. The molecule has 1 N–H and O–H groups in total. The predicted molar refractivity (Wildman–Crippen MR) is 63.0 cm³/mol. The number of carbonyl (C=O) groups excluding carboxylic acids is 1. The molecule has 16 heavy (non-hydrogen) atoms. The van der Waals surface area contributed by atoms with Crippen LogP contribution in [0.1, 0.15) is 22.8 Å². The molecule has 1 aliphatic heterocycles. The number of benzene rings is 1. The highest BCUT2D eigenvalue weighted by molar-refractivity contribution is 8.01. The minimum Gasteiger partial charge on any atom is -0.480 e. The summed E-state index contributed by atoms with van der Waals surface area (Å²) < 4.78 is 0. The van der Waals surface area contributed by atoms with Crippen molar-refractivity contribution < 1.29 is 14.7 Å². The van der Waals surface area contributed by atoms with Crippen LogP contribution >= 0.6 is 11.8 Å². The lowest BCUT2D eigenvalue weighted by molar-refractivity contribution is -0.136. The Morgan fingerprint density at radius 3 is 2.81 bits per heavy atom. The number of carboxylic acids is 1. The summed E-state index contributed by atoms with van der Waals surface area (Å²) >= 11 is 1.23. The molecule has 2 rings (SSSR count). The normalized spacial score (nSPS) is 24.7. The Morgan fingerprint density at radius 1 is 1.44 bits per heavy atom. The van der Waals surface area contributed by atoms with E-state index >= 15 is 0 Å². The fourth-order valence-corrected chi connectivity index (χ4v) is 2.99. The summed E-state index contributed by atoms with van der Waals surface area (Å²) in [5.74, 6) is -0.814. The molecular formula is C12H12O3S. The molecule has 1 aliphatic rings. The van der Waals surface area contributed by atoms with Crippen molar-refractivity contribution in [3.05, 3.63) is 35.4 Å². The van der Waals surface area contributed by atoms with Gasteiger partial charge in [0.2, 0.25) is 0 Å². The van der Waals surface area contributed by atoms with Gasteiger partial charge in [-0.3, -0.25) is 9.59 Å². The Balaban J connectivity index is 2.44. The molecule has 2 unspecified atom stereocenters. The first-order chi connectivity index (χ1) is 7.59. The predicted octanol–water partition coefficient (Wildman–Crippen LogP) is 2.00. The Bertz CT molecular complexity index is 442. The van der Waals surface area contributed by atoms with E-state index in [9.17, 15) is 9.59 Å². The van der Waals surface area contributed by atoms with Crippen molar-refractivity contribution >= 4 is 23.5 Å². The maximum absolute atomic E-state index is 12.0. The highest BCUT2D eigenvalue weighted by Crippen LogP contribution is 2.30. The first kappa shape index (κ1) is 11.2. The molecule has 0 aliphatic carbocycles. The number of ketones is 1. The maximum atomic E-state index is 12.0. The minimum absolute atomic E-state index is 0.0318. The van der Waals surface area contributed by atoms with Gasteiger partial charge in [-0.25, -0.2) is 0 Å². The number of Topliss-reactive ketones (excluding diaryl/α,β-unsaturated/α-hetero) is 1. The van der Waals surface area contributed by atoms with Crippen molar-refractivity contribution in [2.45, 2.75) is 23.8 Å². The van der Waals surface area contributed by atoms with Crippen LogP contribution in [0.5, 0.6) is 0 Å². The van der Waals surface area contributed by atoms with Gasteiger partial charge in [0.25, 0.3) is 0 Å². The van der Waals surface area contributed by atoms with E-state index in [-0.39, 0.29) is 11.0 Å². The number of rotatable bonds is 1. The first-order valence-corrected chi connectivity index (χ1v) is 6.04. The van der Waals surface area contributed by atoms with Gasteiger partial charge < -0.3 is 5.11 Å². The summed E-state index contributed by atoms with van der Waals surface area (Å²) in [5, 5.41) is 8.25. The molecule has 0 saturated heterocycles. The Morgan fingerprint density at radius 2 is 2.12 bits per heavy atom.